The van der Waals surface area contributed by atoms with Crippen molar-refractivity contribution in [2.75, 3.05) is 38.7 Å². The molecule has 0 saturated carbocycles. The van der Waals surface area contributed by atoms with Gasteiger partial charge in [0.2, 0.25) is 11.8 Å². The Hall–Kier alpha value is -1.63. The second-order valence-electron chi connectivity index (χ2n) is 6.43. The number of nitrogens with one attached hydrogen (secondary N) is 3. The first kappa shape index (κ1) is 19.7. The van der Waals surface area contributed by atoms with E-state index < -0.39 is 5.41 Å². The van der Waals surface area contributed by atoms with Gasteiger partial charge < -0.3 is 20.7 Å². The van der Waals surface area contributed by atoms with Crippen molar-refractivity contribution in [2.24, 2.45) is 5.41 Å². The zero-order valence-corrected chi connectivity index (χ0v) is 15.5. The highest BCUT2D eigenvalue weighted by atomic mass is 35.5. The van der Waals surface area contributed by atoms with Gasteiger partial charge in [-0.2, -0.15) is 0 Å². The van der Waals surface area contributed by atoms with Crippen LogP contribution < -0.4 is 16.0 Å². The molecule has 7 heteroatoms. The summed E-state index contributed by atoms with van der Waals surface area (Å²) in [4.78, 5) is 24.7. The van der Waals surface area contributed by atoms with Gasteiger partial charge in [0.15, 0.2) is 0 Å². The molecule has 2 amide bonds. The number of rotatable bonds is 7. The fourth-order valence-corrected chi connectivity index (χ4v) is 3.23. The Morgan fingerprint density at radius 1 is 1.32 bits per heavy atom. The molecule has 2 rings (SSSR count). The molecule has 6 nitrogen and oxygen atoms in total. The average Bonchev–Trinajstić information content (AvgIpc) is 2.60. The van der Waals surface area contributed by atoms with E-state index in [1.165, 1.54) is 0 Å². The van der Waals surface area contributed by atoms with Gasteiger partial charge >= 0.3 is 0 Å². The van der Waals surface area contributed by atoms with Gasteiger partial charge in [0, 0.05) is 30.8 Å². The molecule has 1 fully saturated rings. The Morgan fingerprint density at radius 2 is 2.04 bits per heavy atom. The first-order valence-corrected chi connectivity index (χ1v) is 8.89. The molecule has 1 saturated heterocycles. The molecule has 1 aromatic rings. The summed E-state index contributed by atoms with van der Waals surface area (Å²) in [5, 5.41) is 9.58. The van der Waals surface area contributed by atoms with Crippen LogP contribution in [0.1, 0.15) is 24.8 Å². The molecule has 0 unspecified atom stereocenters. The number of methoxy groups -OCH3 is 1. The van der Waals surface area contributed by atoms with Crippen molar-refractivity contribution in [3.63, 3.8) is 0 Å². The predicted octanol–water partition coefficient (Wildman–Crippen LogP) is 2.11. The molecule has 0 radical (unpaired) electrons. The molecule has 0 aliphatic carbocycles. The first-order chi connectivity index (χ1) is 12.0. The Morgan fingerprint density at radius 3 is 2.72 bits per heavy atom. The van der Waals surface area contributed by atoms with Crippen molar-refractivity contribution in [2.45, 2.75) is 26.2 Å². The Labute approximate surface area is 153 Å². The van der Waals surface area contributed by atoms with Gasteiger partial charge in [-0.25, -0.2) is 0 Å². The maximum atomic E-state index is 12.6. The van der Waals surface area contributed by atoms with E-state index in [0.717, 1.165) is 31.5 Å². The number of hydrogen-bond donors (Lipinski definition) is 3. The summed E-state index contributed by atoms with van der Waals surface area (Å²) in [6.45, 7) is 4.14. The van der Waals surface area contributed by atoms with E-state index in [1.807, 2.05) is 6.92 Å². The number of hydrogen-bond acceptors (Lipinski definition) is 4. The largest absolute Gasteiger partial charge is 0.384 e. The summed E-state index contributed by atoms with van der Waals surface area (Å²) < 4.78 is 5.26. The zero-order chi connectivity index (χ0) is 18.3. The van der Waals surface area contributed by atoms with Crippen LogP contribution in [0.3, 0.4) is 0 Å². The molecular formula is C18H26ClN3O3. The van der Waals surface area contributed by atoms with Gasteiger partial charge in [-0.15, -0.1) is 0 Å². The van der Waals surface area contributed by atoms with E-state index in [9.17, 15) is 9.59 Å². The SMILES string of the molecule is COCC1(C(=O)NCCC(=O)Nc2cccc(Cl)c2C)CCNCC1. The van der Waals surface area contributed by atoms with E-state index in [1.54, 1.807) is 25.3 Å². The summed E-state index contributed by atoms with van der Waals surface area (Å²) in [6.07, 6.45) is 1.68. The van der Waals surface area contributed by atoms with Crippen LogP contribution in [-0.2, 0) is 14.3 Å². The first-order valence-electron chi connectivity index (χ1n) is 8.51. The fourth-order valence-electron chi connectivity index (χ4n) is 3.05. The second kappa shape index (κ2) is 9.17. The molecule has 0 spiro atoms. The lowest BCUT2D eigenvalue weighted by molar-refractivity contribution is -0.136. The van der Waals surface area contributed by atoms with E-state index in [-0.39, 0.29) is 18.2 Å². The standard InChI is InChI=1S/C18H26ClN3O3/c1-13-14(19)4-3-5-15(13)22-16(23)6-9-21-17(24)18(12-25-2)7-10-20-11-8-18/h3-5,20H,6-12H2,1-2H3,(H,21,24)(H,22,23). The van der Waals surface area contributed by atoms with Crippen molar-refractivity contribution in [3.05, 3.63) is 28.8 Å². The Bertz CT molecular complexity index is 610. The molecule has 0 atom stereocenters. The highest BCUT2D eigenvalue weighted by Gasteiger charge is 2.39. The average molecular weight is 368 g/mol. The van der Waals surface area contributed by atoms with E-state index in [2.05, 4.69) is 16.0 Å². The lowest BCUT2D eigenvalue weighted by Crippen LogP contribution is -2.50. The van der Waals surface area contributed by atoms with Crippen LogP contribution in [0.5, 0.6) is 0 Å². The van der Waals surface area contributed by atoms with Gasteiger partial charge in [0.05, 0.1) is 12.0 Å². The lowest BCUT2D eigenvalue weighted by atomic mass is 9.78. The minimum atomic E-state index is -0.500. The van der Waals surface area contributed by atoms with Gasteiger partial charge in [0.25, 0.3) is 0 Å². The van der Waals surface area contributed by atoms with Crippen molar-refractivity contribution < 1.29 is 14.3 Å². The molecule has 138 valence electrons. The van der Waals surface area contributed by atoms with Gasteiger partial charge in [-0.05, 0) is 50.6 Å². The molecule has 1 heterocycles. The smallest absolute Gasteiger partial charge is 0.228 e. The summed E-state index contributed by atoms with van der Waals surface area (Å²) in [5.41, 5.74) is 1.02. The van der Waals surface area contributed by atoms with Gasteiger partial charge in [-0.1, -0.05) is 17.7 Å². The number of piperidine rings is 1. The minimum Gasteiger partial charge on any atom is -0.384 e. The molecule has 0 bridgehead atoms. The zero-order valence-electron chi connectivity index (χ0n) is 14.8. The number of carbonyl (C=O) groups is 2. The Kier molecular flexibility index (Phi) is 7.23. The van der Waals surface area contributed by atoms with Gasteiger partial charge in [-0.3, -0.25) is 9.59 Å². The van der Waals surface area contributed by atoms with Gasteiger partial charge in [0.1, 0.15) is 0 Å². The number of halogens is 1. The lowest BCUT2D eigenvalue weighted by Gasteiger charge is -2.35. The highest BCUT2D eigenvalue weighted by Crippen LogP contribution is 2.29. The summed E-state index contributed by atoms with van der Waals surface area (Å²) in [7, 11) is 1.61. The predicted molar refractivity (Wildman–Crippen MR) is 98.9 cm³/mol. The van der Waals surface area contributed by atoms with E-state index in [4.69, 9.17) is 16.3 Å². The van der Waals surface area contributed by atoms with Crippen LogP contribution in [0.15, 0.2) is 18.2 Å². The van der Waals surface area contributed by atoms with Crippen molar-refractivity contribution in [1.29, 1.82) is 0 Å². The number of benzene rings is 1. The van der Waals surface area contributed by atoms with Crippen molar-refractivity contribution in [1.82, 2.24) is 10.6 Å². The van der Waals surface area contributed by atoms with Crippen molar-refractivity contribution >= 4 is 29.1 Å². The van der Waals surface area contributed by atoms with Crippen LogP contribution in [0, 0.1) is 12.3 Å². The maximum absolute atomic E-state index is 12.6. The molecule has 3 N–H and O–H groups in total. The monoisotopic (exact) mass is 367 g/mol. The van der Waals surface area contributed by atoms with E-state index in [0.29, 0.717) is 23.9 Å². The number of anilines is 1. The number of ether oxygens (including phenoxy) is 1. The van der Waals surface area contributed by atoms with Crippen LogP contribution >= 0.6 is 11.6 Å². The third-order valence-electron chi connectivity index (χ3n) is 4.64. The normalized spacial score (nSPS) is 16.3. The van der Waals surface area contributed by atoms with Crippen LogP contribution in [0.25, 0.3) is 0 Å². The fraction of sp³-hybridized carbons (Fsp3) is 0.556. The Balaban J connectivity index is 1.83. The van der Waals surface area contributed by atoms with Crippen LogP contribution in [0.2, 0.25) is 5.02 Å². The quantitative estimate of drug-likeness (QED) is 0.689. The third-order valence-corrected chi connectivity index (χ3v) is 5.05. The number of amides is 2. The summed E-state index contributed by atoms with van der Waals surface area (Å²) in [6, 6.07) is 5.37. The highest BCUT2D eigenvalue weighted by molar-refractivity contribution is 6.31. The number of carbonyl (C=O) groups excluding carboxylic acids is 2. The van der Waals surface area contributed by atoms with Crippen molar-refractivity contribution in [3.8, 4) is 0 Å². The van der Waals surface area contributed by atoms with E-state index >= 15 is 0 Å². The molecule has 1 aromatic carbocycles. The third kappa shape index (κ3) is 5.17. The maximum Gasteiger partial charge on any atom is 0.228 e. The second-order valence-corrected chi connectivity index (χ2v) is 6.84. The molecule has 25 heavy (non-hydrogen) atoms. The molecular weight excluding hydrogens is 342 g/mol. The molecule has 0 aromatic heterocycles. The molecule has 1 aliphatic heterocycles. The molecule has 1 aliphatic rings. The van der Waals surface area contributed by atoms with Crippen LogP contribution in [-0.4, -0.2) is 45.2 Å². The van der Waals surface area contributed by atoms with Crippen LogP contribution in [0.4, 0.5) is 5.69 Å². The topological polar surface area (TPSA) is 79.5 Å². The summed E-state index contributed by atoms with van der Waals surface area (Å²) in [5.74, 6) is -0.195. The summed E-state index contributed by atoms with van der Waals surface area (Å²) >= 11 is 6.05. The minimum absolute atomic E-state index is 0.0393.